The molecule has 2 aromatic heterocycles. The number of pyridine rings is 1. The Labute approximate surface area is 167 Å². The summed E-state index contributed by atoms with van der Waals surface area (Å²) in [6.45, 7) is 0. The highest BCUT2D eigenvalue weighted by molar-refractivity contribution is 6.30. The lowest BCUT2D eigenvalue weighted by Crippen LogP contribution is -1.86. The molecule has 0 saturated heterocycles. The number of hydrogen-bond donors (Lipinski definition) is 1. The molecule has 0 saturated carbocycles. The van der Waals surface area contributed by atoms with E-state index in [1.807, 2.05) is 66.9 Å². The monoisotopic (exact) mass is 381 g/mol. The summed E-state index contributed by atoms with van der Waals surface area (Å²) in [5.74, 6) is 0.804. The molecule has 0 atom stereocenters. The molecule has 4 heteroatoms. The Kier molecular flexibility index (Phi) is 4.15. The summed E-state index contributed by atoms with van der Waals surface area (Å²) in [4.78, 5) is 13.0. The predicted molar refractivity (Wildman–Crippen MR) is 115 cm³/mol. The van der Waals surface area contributed by atoms with Crippen LogP contribution in [0.2, 0.25) is 5.02 Å². The van der Waals surface area contributed by atoms with Gasteiger partial charge >= 0.3 is 0 Å². The summed E-state index contributed by atoms with van der Waals surface area (Å²) in [5, 5.41) is 1.80. The lowest BCUT2D eigenvalue weighted by atomic mass is 10.0. The third-order valence-electron chi connectivity index (χ3n) is 4.75. The molecule has 0 unspecified atom stereocenters. The lowest BCUT2D eigenvalue weighted by Gasteiger charge is -2.04. The van der Waals surface area contributed by atoms with Crippen LogP contribution in [0.25, 0.3) is 44.8 Å². The van der Waals surface area contributed by atoms with Gasteiger partial charge in [0, 0.05) is 33.3 Å². The normalized spacial score (nSPS) is 11.0. The fourth-order valence-corrected chi connectivity index (χ4v) is 3.47. The van der Waals surface area contributed by atoms with Crippen LogP contribution < -0.4 is 0 Å². The zero-order valence-electron chi connectivity index (χ0n) is 14.9. The molecule has 0 fully saturated rings. The molecule has 5 aromatic rings. The first-order valence-corrected chi connectivity index (χ1v) is 9.42. The highest BCUT2D eigenvalue weighted by atomic mass is 35.5. The quantitative estimate of drug-likeness (QED) is 0.382. The van der Waals surface area contributed by atoms with Crippen molar-refractivity contribution in [1.29, 1.82) is 0 Å². The molecule has 0 spiro atoms. The number of hydrogen-bond acceptors (Lipinski definition) is 2. The molecule has 0 radical (unpaired) electrons. The number of imidazole rings is 1. The zero-order chi connectivity index (χ0) is 18.9. The number of para-hydroxylation sites is 1. The molecule has 0 aliphatic carbocycles. The average Bonchev–Trinajstić information content (AvgIpc) is 3.20. The Balaban J connectivity index is 1.71. The first-order chi connectivity index (χ1) is 13.8. The first-order valence-electron chi connectivity index (χ1n) is 9.04. The third-order valence-corrected chi connectivity index (χ3v) is 5.00. The van der Waals surface area contributed by atoms with Gasteiger partial charge in [0.2, 0.25) is 0 Å². The van der Waals surface area contributed by atoms with E-state index in [1.165, 1.54) is 0 Å². The number of H-pyrrole nitrogens is 1. The van der Waals surface area contributed by atoms with Crippen molar-refractivity contribution in [1.82, 2.24) is 15.0 Å². The van der Waals surface area contributed by atoms with Gasteiger partial charge in [0.15, 0.2) is 0 Å². The molecule has 3 nitrogen and oxygen atoms in total. The van der Waals surface area contributed by atoms with Gasteiger partial charge in [-0.05, 0) is 36.4 Å². The van der Waals surface area contributed by atoms with E-state index < -0.39 is 0 Å². The molecule has 134 valence electrons. The van der Waals surface area contributed by atoms with Crippen molar-refractivity contribution >= 4 is 22.5 Å². The van der Waals surface area contributed by atoms with E-state index >= 15 is 0 Å². The molecule has 0 bridgehead atoms. The Bertz CT molecular complexity index is 1260. The van der Waals surface area contributed by atoms with Gasteiger partial charge < -0.3 is 4.98 Å². The topological polar surface area (TPSA) is 41.6 Å². The van der Waals surface area contributed by atoms with Crippen LogP contribution in [0.4, 0.5) is 0 Å². The van der Waals surface area contributed by atoms with E-state index in [0.29, 0.717) is 5.02 Å². The van der Waals surface area contributed by atoms with Gasteiger partial charge in [-0.1, -0.05) is 60.1 Å². The summed E-state index contributed by atoms with van der Waals surface area (Å²) in [6.07, 6.45) is 1.89. The van der Waals surface area contributed by atoms with Crippen molar-refractivity contribution in [3.63, 3.8) is 0 Å². The van der Waals surface area contributed by atoms with Crippen LogP contribution in [-0.2, 0) is 0 Å². The van der Waals surface area contributed by atoms with Crippen molar-refractivity contribution < 1.29 is 0 Å². The molecular weight excluding hydrogens is 366 g/mol. The maximum atomic E-state index is 6.04. The Morgan fingerprint density at radius 3 is 2.29 bits per heavy atom. The van der Waals surface area contributed by atoms with Crippen molar-refractivity contribution in [3.05, 3.63) is 96.1 Å². The van der Waals surface area contributed by atoms with Crippen LogP contribution in [0.5, 0.6) is 0 Å². The Morgan fingerprint density at radius 2 is 1.46 bits per heavy atom. The molecule has 0 amide bonds. The number of fused-ring (bicyclic) bond motifs is 1. The minimum absolute atomic E-state index is 0.706. The number of halogens is 1. The second-order valence-electron chi connectivity index (χ2n) is 6.60. The number of nitrogens with one attached hydrogen (secondary N) is 1. The fourth-order valence-electron chi connectivity index (χ4n) is 3.34. The van der Waals surface area contributed by atoms with E-state index in [-0.39, 0.29) is 0 Å². The maximum absolute atomic E-state index is 6.04. The summed E-state index contributed by atoms with van der Waals surface area (Å²) >= 11 is 6.04. The number of benzene rings is 3. The highest BCUT2D eigenvalue weighted by Crippen LogP contribution is 2.34. The van der Waals surface area contributed by atoms with Crippen molar-refractivity contribution in [3.8, 4) is 33.9 Å². The number of rotatable bonds is 3. The Hall–Kier alpha value is -3.43. The highest BCUT2D eigenvalue weighted by Gasteiger charge is 2.16. The van der Waals surface area contributed by atoms with Crippen molar-refractivity contribution in [2.24, 2.45) is 0 Å². The summed E-state index contributed by atoms with van der Waals surface area (Å²) in [6, 6.07) is 28.2. The number of aromatic amines is 1. The summed E-state index contributed by atoms with van der Waals surface area (Å²) in [5.41, 5.74) is 5.88. The van der Waals surface area contributed by atoms with Gasteiger partial charge in [0.25, 0.3) is 0 Å². The predicted octanol–water partition coefficient (Wildman–Crippen LogP) is 6.61. The van der Waals surface area contributed by atoms with Gasteiger partial charge in [-0.25, -0.2) is 4.98 Å². The summed E-state index contributed by atoms with van der Waals surface area (Å²) < 4.78 is 0. The Morgan fingerprint density at radius 1 is 0.714 bits per heavy atom. The molecule has 2 heterocycles. The van der Waals surface area contributed by atoms with Gasteiger partial charge in [-0.15, -0.1) is 0 Å². The molecule has 0 aliphatic rings. The second-order valence-corrected chi connectivity index (χ2v) is 7.04. The van der Waals surface area contributed by atoms with Gasteiger partial charge in [0.05, 0.1) is 16.9 Å². The molecular formula is C24H16ClN3. The lowest BCUT2D eigenvalue weighted by molar-refractivity contribution is 1.30. The smallest absolute Gasteiger partial charge is 0.138 e. The minimum atomic E-state index is 0.706. The SMILES string of the molecule is Clc1ccc(-c2nc(-c3cnc4ccccc4c3)c(-c3ccccc3)[nH]2)cc1. The molecule has 3 aromatic carbocycles. The van der Waals surface area contributed by atoms with E-state index in [4.69, 9.17) is 16.6 Å². The zero-order valence-corrected chi connectivity index (χ0v) is 15.7. The van der Waals surface area contributed by atoms with Crippen LogP contribution in [0.1, 0.15) is 0 Å². The standard InChI is InChI=1S/C24H16ClN3/c25-20-12-10-17(11-13-20)24-27-22(16-6-2-1-3-7-16)23(28-24)19-14-18-8-4-5-9-21(18)26-15-19/h1-15H,(H,27,28). The van der Waals surface area contributed by atoms with Crippen LogP contribution in [0.15, 0.2) is 91.1 Å². The van der Waals surface area contributed by atoms with E-state index in [1.54, 1.807) is 0 Å². The second kappa shape index (κ2) is 6.95. The van der Waals surface area contributed by atoms with E-state index in [9.17, 15) is 0 Å². The minimum Gasteiger partial charge on any atom is -0.337 e. The maximum Gasteiger partial charge on any atom is 0.138 e. The summed E-state index contributed by atoms with van der Waals surface area (Å²) in [7, 11) is 0. The van der Waals surface area contributed by atoms with Crippen LogP contribution >= 0.6 is 11.6 Å². The number of nitrogens with zero attached hydrogens (tertiary/aromatic N) is 2. The van der Waals surface area contributed by atoms with E-state index in [0.717, 1.165) is 44.8 Å². The van der Waals surface area contributed by atoms with Crippen molar-refractivity contribution in [2.75, 3.05) is 0 Å². The van der Waals surface area contributed by atoms with Crippen LogP contribution in [0.3, 0.4) is 0 Å². The molecule has 0 aliphatic heterocycles. The van der Waals surface area contributed by atoms with Gasteiger partial charge in [0.1, 0.15) is 5.82 Å². The third kappa shape index (κ3) is 3.06. The van der Waals surface area contributed by atoms with Crippen LogP contribution in [0, 0.1) is 0 Å². The first kappa shape index (κ1) is 16.7. The molecule has 5 rings (SSSR count). The van der Waals surface area contributed by atoms with Crippen LogP contribution in [-0.4, -0.2) is 15.0 Å². The van der Waals surface area contributed by atoms with E-state index in [2.05, 4.69) is 34.2 Å². The van der Waals surface area contributed by atoms with Gasteiger partial charge in [-0.2, -0.15) is 0 Å². The average molecular weight is 382 g/mol. The number of aromatic nitrogens is 3. The van der Waals surface area contributed by atoms with Crippen molar-refractivity contribution in [2.45, 2.75) is 0 Å². The molecule has 28 heavy (non-hydrogen) atoms. The largest absolute Gasteiger partial charge is 0.337 e. The fraction of sp³-hybridized carbons (Fsp3) is 0. The van der Waals surface area contributed by atoms with Gasteiger partial charge in [-0.3, -0.25) is 4.98 Å². The molecule has 1 N–H and O–H groups in total.